The van der Waals surface area contributed by atoms with Crippen molar-refractivity contribution in [3.05, 3.63) is 34.9 Å². The predicted octanol–water partition coefficient (Wildman–Crippen LogP) is 1.20. The molecule has 0 radical (unpaired) electrons. The number of rotatable bonds is 5. The van der Waals surface area contributed by atoms with Gasteiger partial charge >= 0.3 is 0 Å². The molecule has 2 rings (SSSR count). The van der Waals surface area contributed by atoms with Crippen LogP contribution in [-0.2, 0) is 16.0 Å². The zero-order chi connectivity index (χ0) is 15.9. The van der Waals surface area contributed by atoms with Crippen molar-refractivity contribution in [1.29, 1.82) is 0 Å². The highest BCUT2D eigenvalue weighted by molar-refractivity contribution is 6.31. The van der Waals surface area contributed by atoms with E-state index in [0.29, 0.717) is 31.2 Å². The Morgan fingerprint density at radius 1 is 1.36 bits per heavy atom. The first-order chi connectivity index (χ1) is 10.6. The van der Waals surface area contributed by atoms with Crippen LogP contribution in [0.2, 0.25) is 5.02 Å². The van der Waals surface area contributed by atoms with Gasteiger partial charge in [-0.3, -0.25) is 9.59 Å². The number of hydrogen-bond acceptors (Lipinski definition) is 3. The van der Waals surface area contributed by atoms with E-state index >= 15 is 0 Å². The topological polar surface area (TPSA) is 75.4 Å². The van der Waals surface area contributed by atoms with Crippen molar-refractivity contribution in [2.24, 2.45) is 11.7 Å². The summed E-state index contributed by atoms with van der Waals surface area (Å²) < 4.78 is 0. The molecule has 1 aromatic carbocycles. The number of hydrogen-bond donors (Lipinski definition) is 2. The van der Waals surface area contributed by atoms with Crippen LogP contribution in [0.4, 0.5) is 0 Å². The number of nitrogens with two attached hydrogens (primary N) is 1. The fourth-order valence-electron chi connectivity index (χ4n) is 2.67. The maximum atomic E-state index is 12.4. The number of carbonyl (C=O) groups excluding carboxylic acids is 2. The van der Waals surface area contributed by atoms with E-state index in [1.54, 1.807) is 11.0 Å². The van der Waals surface area contributed by atoms with Gasteiger partial charge < -0.3 is 16.0 Å². The summed E-state index contributed by atoms with van der Waals surface area (Å²) in [6, 6.07) is 7.35. The van der Waals surface area contributed by atoms with Gasteiger partial charge in [0.15, 0.2) is 0 Å². The van der Waals surface area contributed by atoms with E-state index in [4.69, 9.17) is 17.3 Å². The van der Waals surface area contributed by atoms with E-state index in [1.807, 2.05) is 18.2 Å². The van der Waals surface area contributed by atoms with Crippen molar-refractivity contribution >= 4 is 23.4 Å². The van der Waals surface area contributed by atoms with E-state index in [-0.39, 0.29) is 24.2 Å². The Morgan fingerprint density at radius 2 is 2.14 bits per heavy atom. The fourth-order valence-corrected chi connectivity index (χ4v) is 2.88. The second-order valence-electron chi connectivity index (χ2n) is 5.53. The molecule has 1 aliphatic heterocycles. The predicted molar refractivity (Wildman–Crippen MR) is 86.5 cm³/mol. The third-order valence-electron chi connectivity index (χ3n) is 3.89. The van der Waals surface area contributed by atoms with Crippen molar-refractivity contribution in [2.45, 2.75) is 19.3 Å². The Bertz CT molecular complexity index is 536. The number of carbonyl (C=O) groups is 2. The van der Waals surface area contributed by atoms with Crippen LogP contribution in [0.25, 0.3) is 0 Å². The van der Waals surface area contributed by atoms with E-state index in [2.05, 4.69) is 5.32 Å². The molecule has 1 heterocycles. The number of piperidine rings is 1. The van der Waals surface area contributed by atoms with Gasteiger partial charge in [0.1, 0.15) is 0 Å². The van der Waals surface area contributed by atoms with Crippen molar-refractivity contribution in [1.82, 2.24) is 10.2 Å². The highest BCUT2D eigenvalue weighted by Crippen LogP contribution is 2.20. The number of likely N-dealkylation sites (tertiary alicyclic amines) is 1. The van der Waals surface area contributed by atoms with Gasteiger partial charge in [0, 0.05) is 31.2 Å². The lowest BCUT2D eigenvalue weighted by atomic mass is 9.96. The maximum Gasteiger partial charge on any atom is 0.227 e. The van der Waals surface area contributed by atoms with Gasteiger partial charge in [0.05, 0.1) is 12.3 Å². The summed E-state index contributed by atoms with van der Waals surface area (Å²) in [7, 11) is 0. The van der Waals surface area contributed by atoms with Gasteiger partial charge in [0.2, 0.25) is 11.8 Å². The molecule has 5 nitrogen and oxygen atoms in total. The van der Waals surface area contributed by atoms with Gasteiger partial charge in [-0.1, -0.05) is 29.8 Å². The molecule has 1 unspecified atom stereocenters. The van der Waals surface area contributed by atoms with Gasteiger partial charge in [-0.2, -0.15) is 0 Å². The van der Waals surface area contributed by atoms with Crippen LogP contribution in [0.5, 0.6) is 0 Å². The van der Waals surface area contributed by atoms with Gasteiger partial charge in [0.25, 0.3) is 0 Å². The molecular weight excluding hydrogens is 302 g/mol. The summed E-state index contributed by atoms with van der Waals surface area (Å²) in [4.78, 5) is 26.2. The SMILES string of the molecule is NCCNC(=O)C1CCCN(C(=O)Cc2ccccc2Cl)C1. The Balaban J connectivity index is 1.93. The molecule has 0 bridgehead atoms. The van der Waals surface area contributed by atoms with Crippen LogP contribution in [0.15, 0.2) is 24.3 Å². The smallest absolute Gasteiger partial charge is 0.227 e. The Morgan fingerprint density at radius 3 is 2.86 bits per heavy atom. The first-order valence-electron chi connectivity index (χ1n) is 7.60. The van der Waals surface area contributed by atoms with Crippen molar-refractivity contribution in [2.75, 3.05) is 26.2 Å². The summed E-state index contributed by atoms with van der Waals surface area (Å²) in [6.07, 6.45) is 1.93. The molecule has 0 spiro atoms. The third kappa shape index (κ3) is 4.45. The normalized spacial score (nSPS) is 18.1. The maximum absolute atomic E-state index is 12.4. The molecule has 0 aromatic heterocycles. The van der Waals surface area contributed by atoms with Crippen LogP contribution in [0.3, 0.4) is 0 Å². The minimum atomic E-state index is -0.143. The Kier molecular flexibility index (Phi) is 6.21. The summed E-state index contributed by atoms with van der Waals surface area (Å²) in [5.41, 5.74) is 6.21. The monoisotopic (exact) mass is 323 g/mol. The zero-order valence-electron chi connectivity index (χ0n) is 12.6. The minimum Gasteiger partial charge on any atom is -0.355 e. The second-order valence-corrected chi connectivity index (χ2v) is 5.93. The number of amides is 2. The van der Waals surface area contributed by atoms with E-state index in [0.717, 1.165) is 18.4 Å². The minimum absolute atomic E-state index is 0.0132. The number of halogens is 1. The Labute approximate surface area is 135 Å². The molecule has 1 aromatic rings. The third-order valence-corrected chi connectivity index (χ3v) is 4.26. The molecule has 2 amide bonds. The Hall–Kier alpha value is -1.59. The summed E-state index contributed by atoms with van der Waals surface area (Å²) in [6.45, 7) is 2.07. The van der Waals surface area contributed by atoms with E-state index in [9.17, 15) is 9.59 Å². The lowest BCUT2D eigenvalue weighted by Crippen LogP contribution is -2.46. The van der Waals surface area contributed by atoms with E-state index in [1.165, 1.54) is 0 Å². The number of benzene rings is 1. The standard InChI is InChI=1S/C16H22ClN3O2/c17-14-6-2-1-4-12(14)10-15(21)20-9-3-5-13(11-20)16(22)19-8-7-18/h1-2,4,6,13H,3,5,7-11,18H2,(H,19,22). The molecule has 0 saturated carbocycles. The molecule has 1 aliphatic rings. The fraction of sp³-hybridized carbons (Fsp3) is 0.500. The number of nitrogens with one attached hydrogen (secondary N) is 1. The van der Waals surface area contributed by atoms with Crippen LogP contribution >= 0.6 is 11.6 Å². The molecule has 1 atom stereocenters. The molecular formula is C16H22ClN3O2. The first-order valence-corrected chi connectivity index (χ1v) is 7.98. The van der Waals surface area contributed by atoms with Gasteiger partial charge in [-0.15, -0.1) is 0 Å². The van der Waals surface area contributed by atoms with Crippen molar-refractivity contribution in [3.63, 3.8) is 0 Å². The summed E-state index contributed by atoms with van der Waals surface area (Å²) in [5, 5.41) is 3.40. The van der Waals surface area contributed by atoms with Gasteiger partial charge in [-0.25, -0.2) is 0 Å². The molecule has 1 saturated heterocycles. The van der Waals surface area contributed by atoms with Crippen LogP contribution in [0, 0.1) is 5.92 Å². The molecule has 0 aliphatic carbocycles. The molecule has 6 heteroatoms. The quantitative estimate of drug-likeness (QED) is 0.855. The van der Waals surface area contributed by atoms with E-state index < -0.39 is 0 Å². The van der Waals surface area contributed by atoms with Crippen LogP contribution in [-0.4, -0.2) is 42.9 Å². The van der Waals surface area contributed by atoms with Crippen LogP contribution < -0.4 is 11.1 Å². The number of nitrogens with zero attached hydrogens (tertiary/aromatic N) is 1. The highest BCUT2D eigenvalue weighted by Gasteiger charge is 2.28. The molecule has 1 fully saturated rings. The average molecular weight is 324 g/mol. The molecule has 3 N–H and O–H groups in total. The second kappa shape index (κ2) is 8.15. The van der Waals surface area contributed by atoms with Crippen molar-refractivity contribution < 1.29 is 9.59 Å². The summed E-state index contributed by atoms with van der Waals surface area (Å²) >= 11 is 6.10. The first kappa shape index (κ1) is 16.8. The lowest BCUT2D eigenvalue weighted by Gasteiger charge is -2.32. The van der Waals surface area contributed by atoms with Gasteiger partial charge in [-0.05, 0) is 24.5 Å². The lowest BCUT2D eigenvalue weighted by molar-refractivity contribution is -0.135. The summed E-state index contributed by atoms with van der Waals surface area (Å²) in [5.74, 6) is -0.138. The highest BCUT2D eigenvalue weighted by atomic mass is 35.5. The molecule has 120 valence electrons. The largest absolute Gasteiger partial charge is 0.355 e. The molecule has 22 heavy (non-hydrogen) atoms. The van der Waals surface area contributed by atoms with Crippen molar-refractivity contribution in [3.8, 4) is 0 Å². The van der Waals surface area contributed by atoms with Crippen LogP contribution in [0.1, 0.15) is 18.4 Å². The average Bonchev–Trinajstić information content (AvgIpc) is 2.54. The zero-order valence-corrected chi connectivity index (χ0v) is 13.3.